The monoisotopic (exact) mass is 340 g/mol. The van der Waals surface area contributed by atoms with Crippen molar-refractivity contribution < 1.29 is 14.3 Å². The lowest BCUT2D eigenvalue weighted by molar-refractivity contribution is -0.116. The van der Waals surface area contributed by atoms with Gasteiger partial charge >= 0.3 is 0 Å². The molecule has 0 heterocycles. The second kappa shape index (κ2) is 8.44. The van der Waals surface area contributed by atoms with Crippen LogP contribution in [0.4, 0.5) is 5.69 Å². The Morgan fingerprint density at radius 3 is 2.36 bits per heavy atom. The summed E-state index contributed by atoms with van der Waals surface area (Å²) in [4.78, 5) is 26.2. The molecule has 0 unspecified atom stereocenters. The number of likely N-dealkylation sites (N-methyl/N-ethyl adjacent to an activating group) is 1. The summed E-state index contributed by atoms with van der Waals surface area (Å²) in [6, 6.07) is 13.1. The number of hydrogen-bond acceptors (Lipinski definition) is 3. The van der Waals surface area contributed by atoms with E-state index < -0.39 is 0 Å². The number of methoxy groups -OCH3 is 1. The highest BCUT2D eigenvalue weighted by Crippen LogP contribution is 2.19. The standard InChI is InChI=1S/C20H24N2O3/c1-14-7-5-8-15(2)19(14)21-18(23)12-22(3)20(24)17-10-6-9-16(11-17)13-25-4/h5-11H,12-13H2,1-4H3,(H,21,23). The molecule has 2 aromatic carbocycles. The molecule has 0 saturated heterocycles. The van der Waals surface area contributed by atoms with Crippen LogP contribution in [-0.2, 0) is 16.1 Å². The van der Waals surface area contributed by atoms with E-state index in [2.05, 4.69) is 5.32 Å². The predicted octanol–water partition coefficient (Wildman–Crippen LogP) is 3.16. The van der Waals surface area contributed by atoms with E-state index in [9.17, 15) is 9.59 Å². The van der Waals surface area contributed by atoms with E-state index in [4.69, 9.17) is 4.74 Å². The summed E-state index contributed by atoms with van der Waals surface area (Å²) < 4.78 is 5.09. The van der Waals surface area contributed by atoms with Crippen molar-refractivity contribution in [3.8, 4) is 0 Å². The van der Waals surface area contributed by atoms with Gasteiger partial charge < -0.3 is 15.0 Å². The maximum absolute atomic E-state index is 12.5. The molecular weight excluding hydrogens is 316 g/mol. The largest absolute Gasteiger partial charge is 0.380 e. The fourth-order valence-corrected chi connectivity index (χ4v) is 2.66. The first-order valence-electron chi connectivity index (χ1n) is 8.11. The quantitative estimate of drug-likeness (QED) is 0.879. The van der Waals surface area contributed by atoms with Crippen LogP contribution in [-0.4, -0.2) is 37.4 Å². The van der Waals surface area contributed by atoms with Crippen LogP contribution < -0.4 is 5.32 Å². The van der Waals surface area contributed by atoms with E-state index in [0.717, 1.165) is 22.4 Å². The summed E-state index contributed by atoms with van der Waals surface area (Å²) in [5, 5.41) is 2.89. The van der Waals surface area contributed by atoms with Crippen LogP contribution >= 0.6 is 0 Å². The van der Waals surface area contributed by atoms with Crippen LogP contribution in [0.25, 0.3) is 0 Å². The summed E-state index contributed by atoms with van der Waals surface area (Å²) in [5.41, 5.74) is 4.25. The van der Waals surface area contributed by atoms with Crippen molar-refractivity contribution in [2.45, 2.75) is 20.5 Å². The van der Waals surface area contributed by atoms with E-state index >= 15 is 0 Å². The fraction of sp³-hybridized carbons (Fsp3) is 0.300. The Morgan fingerprint density at radius 1 is 1.08 bits per heavy atom. The smallest absolute Gasteiger partial charge is 0.254 e. The van der Waals surface area contributed by atoms with Crippen LogP contribution in [0.15, 0.2) is 42.5 Å². The van der Waals surface area contributed by atoms with Gasteiger partial charge in [-0.25, -0.2) is 0 Å². The first-order valence-corrected chi connectivity index (χ1v) is 8.11. The van der Waals surface area contributed by atoms with E-state index in [1.54, 1.807) is 26.3 Å². The van der Waals surface area contributed by atoms with Gasteiger partial charge in [0.05, 0.1) is 13.2 Å². The van der Waals surface area contributed by atoms with Crippen molar-refractivity contribution >= 4 is 17.5 Å². The number of anilines is 1. The van der Waals surface area contributed by atoms with Crippen molar-refractivity contribution in [3.63, 3.8) is 0 Å². The van der Waals surface area contributed by atoms with Gasteiger partial charge in [0.2, 0.25) is 5.91 Å². The molecule has 1 N–H and O–H groups in total. The van der Waals surface area contributed by atoms with Crippen LogP contribution in [0, 0.1) is 13.8 Å². The highest BCUT2D eigenvalue weighted by atomic mass is 16.5. The number of nitrogens with zero attached hydrogens (tertiary/aromatic N) is 1. The number of carbonyl (C=O) groups excluding carboxylic acids is 2. The van der Waals surface area contributed by atoms with Gasteiger partial charge in [-0.1, -0.05) is 30.3 Å². The Hall–Kier alpha value is -2.66. The zero-order valence-corrected chi connectivity index (χ0v) is 15.1. The van der Waals surface area contributed by atoms with Crippen molar-refractivity contribution in [2.75, 3.05) is 26.0 Å². The lowest BCUT2D eigenvalue weighted by Gasteiger charge is -2.18. The second-order valence-corrected chi connectivity index (χ2v) is 6.11. The van der Waals surface area contributed by atoms with Crippen LogP contribution in [0.5, 0.6) is 0 Å². The van der Waals surface area contributed by atoms with Crippen molar-refractivity contribution in [1.82, 2.24) is 4.90 Å². The molecule has 0 aliphatic heterocycles. The number of rotatable bonds is 6. The van der Waals surface area contributed by atoms with Crippen molar-refractivity contribution in [3.05, 3.63) is 64.7 Å². The molecule has 25 heavy (non-hydrogen) atoms. The molecule has 2 rings (SSSR count). The summed E-state index contributed by atoms with van der Waals surface area (Å²) in [7, 11) is 3.23. The van der Waals surface area contributed by atoms with Crippen molar-refractivity contribution in [2.24, 2.45) is 0 Å². The third kappa shape index (κ3) is 4.90. The van der Waals surface area contributed by atoms with Gasteiger partial charge in [0.15, 0.2) is 0 Å². The van der Waals surface area contributed by atoms with Crippen molar-refractivity contribution in [1.29, 1.82) is 0 Å². The van der Waals surface area contributed by atoms with Crippen LogP contribution in [0.1, 0.15) is 27.0 Å². The summed E-state index contributed by atoms with van der Waals surface area (Å²) in [6.45, 7) is 4.32. The summed E-state index contributed by atoms with van der Waals surface area (Å²) in [5.74, 6) is -0.420. The SMILES string of the molecule is COCc1cccc(C(=O)N(C)CC(=O)Nc2c(C)cccc2C)c1. The number of ether oxygens (including phenoxy) is 1. The number of nitrogens with one attached hydrogen (secondary N) is 1. The highest BCUT2D eigenvalue weighted by molar-refractivity contribution is 5.99. The minimum absolute atomic E-state index is 0.0128. The molecule has 0 fully saturated rings. The van der Waals surface area contributed by atoms with Gasteiger partial charge in [0.25, 0.3) is 5.91 Å². The number of benzene rings is 2. The highest BCUT2D eigenvalue weighted by Gasteiger charge is 2.16. The summed E-state index contributed by atoms with van der Waals surface area (Å²) in [6.07, 6.45) is 0. The molecule has 0 atom stereocenters. The predicted molar refractivity (Wildman–Crippen MR) is 98.7 cm³/mol. The van der Waals surface area contributed by atoms with E-state index in [-0.39, 0.29) is 18.4 Å². The Balaban J connectivity index is 2.03. The first kappa shape index (κ1) is 18.7. The van der Waals surface area contributed by atoms with E-state index in [1.807, 2.05) is 44.2 Å². The zero-order chi connectivity index (χ0) is 18.4. The molecule has 0 aliphatic rings. The number of amides is 2. The maximum Gasteiger partial charge on any atom is 0.254 e. The van der Waals surface area contributed by atoms with Gasteiger partial charge in [-0.2, -0.15) is 0 Å². The molecule has 0 aliphatic carbocycles. The number of aryl methyl sites for hydroxylation is 2. The first-order chi connectivity index (χ1) is 11.9. The van der Waals surface area contributed by atoms with Gasteiger partial charge in [-0.15, -0.1) is 0 Å². The minimum Gasteiger partial charge on any atom is -0.380 e. The van der Waals surface area contributed by atoms with E-state index in [0.29, 0.717) is 12.2 Å². The molecule has 0 radical (unpaired) electrons. The number of para-hydroxylation sites is 1. The minimum atomic E-state index is -0.221. The average molecular weight is 340 g/mol. The molecule has 0 spiro atoms. The molecule has 5 nitrogen and oxygen atoms in total. The Labute approximate surface area is 148 Å². The molecule has 0 bridgehead atoms. The third-order valence-electron chi connectivity index (χ3n) is 3.96. The average Bonchev–Trinajstić information content (AvgIpc) is 2.58. The molecule has 2 amide bonds. The summed E-state index contributed by atoms with van der Waals surface area (Å²) >= 11 is 0. The topological polar surface area (TPSA) is 58.6 Å². The number of carbonyl (C=O) groups is 2. The Bertz CT molecular complexity index is 751. The van der Waals surface area contributed by atoms with Gasteiger partial charge in [0, 0.05) is 25.4 Å². The maximum atomic E-state index is 12.5. The zero-order valence-electron chi connectivity index (χ0n) is 15.1. The van der Waals surface area contributed by atoms with Crippen LogP contribution in [0.3, 0.4) is 0 Å². The molecule has 0 aromatic heterocycles. The third-order valence-corrected chi connectivity index (χ3v) is 3.96. The number of hydrogen-bond donors (Lipinski definition) is 1. The van der Waals surface area contributed by atoms with Crippen LogP contribution in [0.2, 0.25) is 0 Å². The van der Waals surface area contributed by atoms with Gasteiger partial charge in [0.1, 0.15) is 0 Å². The molecule has 132 valence electrons. The molecule has 0 saturated carbocycles. The lowest BCUT2D eigenvalue weighted by Crippen LogP contribution is -2.35. The second-order valence-electron chi connectivity index (χ2n) is 6.11. The van der Waals surface area contributed by atoms with Gasteiger partial charge in [-0.05, 0) is 42.7 Å². The Kier molecular flexibility index (Phi) is 6.31. The molecule has 5 heteroatoms. The Morgan fingerprint density at radius 2 is 1.72 bits per heavy atom. The molecule has 2 aromatic rings. The normalized spacial score (nSPS) is 10.4. The van der Waals surface area contributed by atoms with Gasteiger partial charge in [-0.3, -0.25) is 9.59 Å². The molecular formula is C20H24N2O3. The fourth-order valence-electron chi connectivity index (χ4n) is 2.66. The lowest BCUT2D eigenvalue weighted by atomic mass is 10.1. The van der Waals surface area contributed by atoms with E-state index in [1.165, 1.54) is 4.90 Å².